The molecule has 6 heteroatoms. The minimum absolute atomic E-state index is 0. The maximum atomic E-state index is 8.49. The van der Waals surface area contributed by atoms with Crippen LogP contribution in [0.1, 0.15) is 62.7 Å². The summed E-state index contributed by atoms with van der Waals surface area (Å²) in [6, 6.07) is 43.4. The van der Waals surface area contributed by atoms with Crippen molar-refractivity contribution in [2.45, 2.75) is 70.0 Å². The van der Waals surface area contributed by atoms with E-state index in [1.54, 1.807) is 12.1 Å². The summed E-state index contributed by atoms with van der Waals surface area (Å²) in [6.07, 6.45) is 1.91. The first-order chi connectivity index (χ1) is 26.3. The van der Waals surface area contributed by atoms with E-state index < -0.39 is 26.0 Å². The molecule has 271 valence electrons. The van der Waals surface area contributed by atoms with E-state index in [9.17, 15) is 0 Å². The number of aryl methyl sites for hydroxylation is 1. The van der Waals surface area contributed by atoms with E-state index in [1.807, 2.05) is 43.5 Å². The van der Waals surface area contributed by atoms with Crippen LogP contribution in [0.2, 0.25) is 17.3 Å². The average Bonchev–Trinajstić information content (AvgIpc) is 3.73. The third-order valence-electron chi connectivity index (χ3n) is 9.45. The van der Waals surface area contributed by atoms with Crippen LogP contribution in [0.4, 0.5) is 0 Å². The predicted molar refractivity (Wildman–Crippen MR) is 227 cm³/mol. The third kappa shape index (κ3) is 8.00. The zero-order valence-corrected chi connectivity index (χ0v) is 36.9. The standard InChI is InChI=1S/C29H23N2S.C18H24GeN.Ir/c1-29(2,3)19-15-17-20(18-16-19)31-25-13-6-5-12-24(25)30-28(31)23-11-8-10-22-21-9-4-7-14-26(21)32-27(22)23;1-13(2)16-11-18(15-9-7-14(3)8-10-15)20-12-17(16)19(4,5)6;/h4-10,12-18H,1-3H3;7-9,11-13H,1-6H3;/q2*-1;/i;3D3,13D;. The summed E-state index contributed by atoms with van der Waals surface area (Å²) in [6.45, 7) is 8.40. The fourth-order valence-corrected chi connectivity index (χ4v) is 11.1. The summed E-state index contributed by atoms with van der Waals surface area (Å²) in [5.74, 6) is 7.12. The number of aromatic nitrogens is 3. The Morgan fingerprint density at radius 3 is 2.28 bits per heavy atom. The van der Waals surface area contributed by atoms with Gasteiger partial charge in [0.1, 0.15) is 0 Å². The van der Waals surface area contributed by atoms with E-state index in [-0.39, 0.29) is 31.1 Å². The molecule has 0 bridgehead atoms. The molecule has 0 amide bonds. The second-order valence-electron chi connectivity index (χ2n) is 15.6. The molecule has 53 heavy (non-hydrogen) atoms. The molecule has 1 radical (unpaired) electrons. The fourth-order valence-electron chi connectivity index (χ4n) is 6.62. The molecule has 0 aliphatic carbocycles. The van der Waals surface area contributed by atoms with Crippen LogP contribution in [0.3, 0.4) is 0 Å². The number of imidazole rings is 1. The minimum Gasteiger partial charge on any atom is 0 e. The first-order valence-corrected chi connectivity index (χ1v) is 25.9. The number of hydrogen-bond donors (Lipinski definition) is 0. The number of para-hydroxylation sites is 2. The summed E-state index contributed by atoms with van der Waals surface area (Å²) in [5, 5.41) is 2.56. The molecule has 0 spiro atoms. The van der Waals surface area contributed by atoms with E-state index >= 15 is 0 Å². The van der Waals surface area contributed by atoms with Gasteiger partial charge in [0.15, 0.2) is 0 Å². The van der Waals surface area contributed by atoms with Crippen molar-refractivity contribution in [3.63, 3.8) is 0 Å². The van der Waals surface area contributed by atoms with Gasteiger partial charge < -0.3 is 4.57 Å². The average molecular weight is 955 g/mol. The maximum Gasteiger partial charge on any atom is 0 e. The van der Waals surface area contributed by atoms with Gasteiger partial charge in [0.05, 0.1) is 16.9 Å². The largest absolute Gasteiger partial charge is 0 e. The molecule has 3 aromatic heterocycles. The van der Waals surface area contributed by atoms with E-state index in [0.717, 1.165) is 44.9 Å². The van der Waals surface area contributed by atoms with Crippen molar-refractivity contribution in [2.24, 2.45) is 0 Å². The normalized spacial score (nSPS) is 13.4. The van der Waals surface area contributed by atoms with Crippen molar-refractivity contribution in [3.05, 3.63) is 144 Å². The molecule has 0 atom stereocenters. The van der Waals surface area contributed by atoms with Gasteiger partial charge in [-0.2, -0.15) is 11.3 Å². The quantitative estimate of drug-likeness (QED) is 0.127. The second kappa shape index (κ2) is 15.5. The number of pyridine rings is 1. The van der Waals surface area contributed by atoms with Gasteiger partial charge in [0.2, 0.25) is 0 Å². The predicted octanol–water partition coefficient (Wildman–Crippen LogP) is 12.7. The van der Waals surface area contributed by atoms with E-state index in [1.165, 1.54) is 36.2 Å². The van der Waals surface area contributed by atoms with Crippen molar-refractivity contribution in [3.8, 4) is 28.3 Å². The van der Waals surface area contributed by atoms with Crippen molar-refractivity contribution < 1.29 is 25.6 Å². The first-order valence-electron chi connectivity index (χ1n) is 19.7. The third-order valence-corrected chi connectivity index (χ3v) is 14.9. The maximum absolute atomic E-state index is 8.49. The molecular weight excluding hydrogens is 903 g/mol. The molecule has 8 aromatic rings. The Labute approximate surface area is 340 Å². The molecule has 3 nitrogen and oxygen atoms in total. The SMILES string of the molecule is CC(C)(C)c1ccc(-n2c(-c3[c-]ccc4c3sc3ccccc34)nc3ccccc32)cc1.[2H]C([2H])([2H])c1c[c-]c(-c2cc(C([2H])(C)C)[c]([Ge]([CH3])([CH3])[CH3])cn2)cc1.[Ir]. The van der Waals surface area contributed by atoms with Crippen LogP contribution in [0, 0.1) is 19.0 Å². The zero-order chi connectivity index (χ0) is 40.2. The van der Waals surface area contributed by atoms with E-state index in [0.29, 0.717) is 0 Å². The second-order valence-corrected chi connectivity index (χ2v) is 27.2. The summed E-state index contributed by atoms with van der Waals surface area (Å²) in [4.78, 5) is 9.66. The number of nitrogens with zero attached hydrogens (tertiary/aromatic N) is 3. The number of thiophene rings is 1. The Kier molecular flexibility index (Phi) is 9.83. The van der Waals surface area contributed by atoms with Crippen LogP contribution in [0.5, 0.6) is 0 Å². The zero-order valence-electron chi connectivity index (χ0n) is 35.6. The van der Waals surface area contributed by atoms with Crippen molar-refractivity contribution in [2.75, 3.05) is 0 Å². The molecular formula is C47H47GeIrN3S-2. The van der Waals surface area contributed by atoms with Gasteiger partial charge >= 0.3 is 131 Å². The summed E-state index contributed by atoms with van der Waals surface area (Å²) >= 11 is -0.323. The van der Waals surface area contributed by atoms with Gasteiger partial charge in [-0.05, 0) is 51.4 Å². The molecule has 5 aromatic carbocycles. The minimum atomic E-state index is -2.14. The smallest absolute Gasteiger partial charge is 0 e. The fraction of sp³-hybridized carbons (Fsp3) is 0.234. The molecule has 0 saturated carbocycles. The molecule has 0 N–H and O–H groups in total. The molecule has 8 rings (SSSR count). The van der Waals surface area contributed by atoms with Gasteiger partial charge in [-0.3, -0.25) is 4.98 Å². The summed E-state index contributed by atoms with van der Waals surface area (Å²) in [7, 11) is 0. The van der Waals surface area contributed by atoms with Gasteiger partial charge in [-0.1, -0.05) is 74.2 Å². The van der Waals surface area contributed by atoms with Crippen LogP contribution in [0.25, 0.3) is 59.5 Å². The van der Waals surface area contributed by atoms with E-state index in [2.05, 4.69) is 139 Å². The first kappa shape index (κ1) is 33.7. The topological polar surface area (TPSA) is 30.7 Å². The van der Waals surface area contributed by atoms with Crippen LogP contribution in [-0.2, 0) is 25.5 Å². The number of benzene rings is 5. The molecule has 0 saturated heterocycles. The molecule has 0 unspecified atom stereocenters. The van der Waals surface area contributed by atoms with Crippen LogP contribution >= 0.6 is 11.3 Å². The monoisotopic (exact) mass is 956 g/mol. The molecule has 0 fully saturated rings. The molecule has 3 heterocycles. The Morgan fingerprint density at radius 2 is 1.60 bits per heavy atom. The van der Waals surface area contributed by atoms with Crippen LogP contribution in [-0.4, -0.2) is 27.8 Å². The Hall–Kier alpha value is -3.87. The number of hydrogen-bond acceptors (Lipinski definition) is 3. The van der Waals surface area contributed by atoms with Gasteiger partial charge in [0.25, 0.3) is 0 Å². The summed E-state index contributed by atoms with van der Waals surface area (Å²) < 4.78 is 36.8. The van der Waals surface area contributed by atoms with Gasteiger partial charge in [0, 0.05) is 30.5 Å². The molecule has 0 aliphatic rings. The Bertz CT molecular complexity index is 2680. The number of rotatable bonds is 5. The van der Waals surface area contributed by atoms with Crippen molar-refractivity contribution in [1.29, 1.82) is 0 Å². The van der Waals surface area contributed by atoms with Crippen molar-refractivity contribution >= 4 is 60.2 Å². The van der Waals surface area contributed by atoms with Gasteiger partial charge in [-0.25, -0.2) is 0 Å². The van der Waals surface area contributed by atoms with Gasteiger partial charge in [-0.15, -0.1) is 18.2 Å². The van der Waals surface area contributed by atoms with Crippen LogP contribution in [0.15, 0.2) is 115 Å². The number of fused-ring (bicyclic) bond motifs is 4. The summed E-state index contributed by atoms with van der Waals surface area (Å²) in [5.41, 5.74) is 8.49. The molecule has 0 aliphatic heterocycles. The Morgan fingerprint density at radius 1 is 0.868 bits per heavy atom. The Balaban J connectivity index is 0.000000198. The van der Waals surface area contributed by atoms with Crippen LogP contribution < -0.4 is 4.40 Å². The van der Waals surface area contributed by atoms with E-state index in [4.69, 9.17) is 10.5 Å². The van der Waals surface area contributed by atoms with Crippen molar-refractivity contribution in [1.82, 2.24) is 14.5 Å².